The van der Waals surface area contributed by atoms with Crippen LogP contribution in [0.25, 0.3) is 11.3 Å². The molecule has 0 aromatic carbocycles. The van der Waals surface area contributed by atoms with Gasteiger partial charge in [-0.25, -0.2) is 13.4 Å². The quantitative estimate of drug-likeness (QED) is 0.462. The number of carbonyl (C=O) groups excluding carboxylic acids is 1. The summed E-state index contributed by atoms with van der Waals surface area (Å²) in [6, 6.07) is 2.36. The first-order valence-electron chi connectivity index (χ1n) is 9.10. The molecule has 0 bridgehead atoms. The third-order valence-corrected chi connectivity index (χ3v) is 7.19. The number of halogens is 6. The van der Waals surface area contributed by atoms with Gasteiger partial charge in [-0.3, -0.25) is 14.7 Å². The van der Waals surface area contributed by atoms with Crippen molar-refractivity contribution in [1.82, 2.24) is 20.2 Å². The molecule has 182 valence electrons. The van der Waals surface area contributed by atoms with E-state index in [1.807, 2.05) is 0 Å². The molecule has 0 fully saturated rings. The average Bonchev–Trinajstić information content (AvgIpc) is 3.28. The first kappa shape index (κ1) is 25.5. The van der Waals surface area contributed by atoms with Gasteiger partial charge in [0.1, 0.15) is 5.69 Å². The topological polar surface area (TPSA) is 106 Å². The number of sulfone groups is 1. The van der Waals surface area contributed by atoms with Crippen molar-refractivity contribution in [1.29, 1.82) is 0 Å². The lowest BCUT2D eigenvalue weighted by Crippen LogP contribution is -2.29. The van der Waals surface area contributed by atoms with Crippen LogP contribution in [0.2, 0.25) is 0 Å². The summed E-state index contributed by atoms with van der Waals surface area (Å²) in [5, 5.41) is 4.48. The highest BCUT2D eigenvalue weighted by Crippen LogP contribution is 2.35. The zero-order valence-electron chi connectivity index (χ0n) is 17.1. The van der Waals surface area contributed by atoms with Gasteiger partial charge in [0.05, 0.1) is 21.9 Å². The summed E-state index contributed by atoms with van der Waals surface area (Å²) in [7, 11) is -3.10. The minimum atomic E-state index is -4.80. The van der Waals surface area contributed by atoms with Crippen LogP contribution in [0.4, 0.5) is 31.5 Å². The van der Waals surface area contributed by atoms with Crippen LogP contribution >= 0.6 is 11.3 Å². The van der Waals surface area contributed by atoms with Crippen molar-refractivity contribution in [2.24, 2.45) is 0 Å². The Morgan fingerprint density at radius 2 is 1.74 bits per heavy atom. The van der Waals surface area contributed by atoms with Gasteiger partial charge in [-0.2, -0.15) is 26.3 Å². The summed E-state index contributed by atoms with van der Waals surface area (Å²) in [4.78, 5) is 20.5. The summed E-state index contributed by atoms with van der Waals surface area (Å²) < 4.78 is 103. The van der Waals surface area contributed by atoms with Crippen molar-refractivity contribution in [3.8, 4) is 11.3 Å². The number of nitrogens with zero attached hydrogens (tertiary/aromatic N) is 5. The molecule has 0 atom stereocenters. The van der Waals surface area contributed by atoms with Crippen LogP contribution in [0.1, 0.15) is 28.0 Å². The number of pyridine rings is 2. The molecule has 0 N–H and O–H groups in total. The van der Waals surface area contributed by atoms with Gasteiger partial charge in [0.2, 0.25) is 10.1 Å². The van der Waals surface area contributed by atoms with Gasteiger partial charge in [-0.1, -0.05) is 18.3 Å². The molecule has 3 heterocycles. The largest absolute Gasteiger partial charge is 0.445 e. The Morgan fingerprint density at radius 3 is 2.29 bits per heavy atom. The van der Waals surface area contributed by atoms with E-state index in [-0.39, 0.29) is 22.6 Å². The van der Waals surface area contributed by atoms with Gasteiger partial charge < -0.3 is 0 Å². The maximum Gasteiger partial charge on any atom is 0.445 e. The van der Waals surface area contributed by atoms with Crippen LogP contribution in [-0.4, -0.2) is 47.3 Å². The molecule has 16 heteroatoms. The third-order valence-electron chi connectivity index (χ3n) is 4.40. The Labute approximate surface area is 192 Å². The summed E-state index contributed by atoms with van der Waals surface area (Å²) in [5.41, 5.74) is -2.05. The van der Waals surface area contributed by atoms with Crippen LogP contribution in [0, 0.1) is 0 Å². The second kappa shape index (κ2) is 8.90. The van der Waals surface area contributed by atoms with E-state index in [9.17, 15) is 39.6 Å². The normalized spacial score (nSPS) is 12.6. The molecule has 0 spiro atoms. The van der Waals surface area contributed by atoms with E-state index >= 15 is 0 Å². The molecular formula is C18H13F6N5O3S2. The molecule has 0 aliphatic heterocycles. The van der Waals surface area contributed by atoms with E-state index in [1.54, 1.807) is 0 Å². The van der Waals surface area contributed by atoms with E-state index in [0.717, 1.165) is 31.6 Å². The minimum Gasteiger partial charge on any atom is -0.284 e. The van der Waals surface area contributed by atoms with Gasteiger partial charge in [0.25, 0.3) is 5.91 Å². The van der Waals surface area contributed by atoms with Crippen molar-refractivity contribution < 1.29 is 39.6 Å². The van der Waals surface area contributed by atoms with Crippen molar-refractivity contribution in [3.63, 3.8) is 0 Å². The van der Waals surface area contributed by atoms with Crippen LogP contribution in [0.15, 0.2) is 35.5 Å². The molecule has 34 heavy (non-hydrogen) atoms. The third kappa shape index (κ3) is 5.16. The Hall–Kier alpha value is -3.14. The first-order chi connectivity index (χ1) is 15.6. The maximum absolute atomic E-state index is 13.0. The van der Waals surface area contributed by atoms with Crippen molar-refractivity contribution in [2.75, 3.05) is 17.7 Å². The van der Waals surface area contributed by atoms with E-state index < -0.39 is 60.1 Å². The van der Waals surface area contributed by atoms with Crippen molar-refractivity contribution in [2.45, 2.75) is 24.2 Å². The zero-order chi connectivity index (χ0) is 25.5. The van der Waals surface area contributed by atoms with Gasteiger partial charge in [0, 0.05) is 25.0 Å². The lowest BCUT2D eigenvalue weighted by Gasteiger charge is -2.16. The Balaban J connectivity index is 2.08. The fourth-order valence-electron chi connectivity index (χ4n) is 2.61. The number of amides is 1. The van der Waals surface area contributed by atoms with Crippen molar-refractivity contribution >= 4 is 32.2 Å². The maximum atomic E-state index is 13.0. The molecule has 3 aromatic rings. The predicted octanol–water partition coefficient (Wildman–Crippen LogP) is 4.10. The molecule has 0 radical (unpaired) electrons. The number of hydrogen-bond donors (Lipinski definition) is 0. The van der Waals surface area contributed by atoms with Gasteiger partial charge in [-0.05, 0) is 18.2 Å². The number of carbonyl (C=O) groups is 1. The van der Waals surface area contributed by atoms with Crippen LogP contribution < -0.4 is 4.90 Å². The highest BCUT2D eigenvalue weighted by molar-refractivity contribution is 7.91. The van der Waals surface area contributed by atoms with Crippen molar-refractivity contribution in [3.05, 3.63) is 46.9 Å². The summed E-state index contributed by atoms with van der Waals surface area (Å²) in [6.07, 6.45) is -7.65. The number of rotatable bonds is 5. The monoisotopic (exact) mass is 525 g/mol. The van der Waals surface area contributed by atoms with Gasteiger partial charge >= 0.3 is 12.4 Å². The van der Waals surface area contributed by atoms with Gasteiger partial charge in [-0.15, -0.1) is 10.2 Å². The van der Waals surface area contributed by atoms with Gasteiger partial charge in [0.15, 0.2) is 9.84 Å². The van der Waals surface area contributed by atoms with E-state index in [2.05, 4.69) is 20.2 Å². The molecule has 0 aliphatic rings. The molecule has 0 aliphatic carbocycles. The number of hydrogen-bond acceptors (Lipinski definition) is 8. The number of anilines is 1. The molecular weight excluding hydrogens is 512 g/mol. The number of aromatic nitrogens is 4. The highest BCUT2D eigenvalue weighted by Gasteiger charge is 2.37. The lowest BCUT2D eigenvalue weighted by atomic mass is 10.1. The summed E-state index contributed by atoms with van der Waals surface area (Å²) in [6.45, 7) is 1.27. The molecule has 8 nitrogen and oxygen atoms in total. The molecule has 0 unspecified atom stereocenters. The minimum absolute atomic E-state index is 0.0580. The van der Waals surface area contributed by atoms with Crippen LogP contribution in [0.5, 0.6) is 0 Å². The summed E-state index contributed by atoms with van der Waals surface area (Å²) in [5.74, 6) is -1.60. The Bertz CT molecular complexity index is 1340. The molecule has 3 aromatic heterocycles. The SMILES string of the molecule is CCS(=O)(=O)c1cc(-c2cc(C(F)(F)F)ccn2)cnc1C(=O)N(C)c1nnc(C(F)(F)F)s1. The fraction of sp³-hybridized carbons (Fsp3) is 0.278. The second-order valence-corrected chi connectivity index (χ2v) is 9.86. The zero-order valence-corrected chi connectivity index (χ0v) is 18.8. The highest BCUT2D eigenvalue weighted by atomic mass is 32.2. The standard InChI is InChI=1S/C18H13F6N5O3S2/c1-3-34(31,32)12-6-9(11-7-10(4-5-25-11)17(19,20)21)8-26-13(12)14(30)29(2)16-28-27-15(33-16)18(22,23)24/h4-8H,3H2,1-2H3. The molecule has 0 saturated heterocycles. The van der Waals surface area contributed by atoms with E-state index in [0.29, 0.717) is 11.0 Å². The average molecular weight is 525 g/mol. The Kier molecular flexibility index (Phi) is 6.67. The Morgan fingerprint density at radius 1 is 1.06 bits per heavy atom. The summed E-state index contributed by atoms with van der Waals surface area (Å²) >= 11 is 0.0580. The van der Waals surface area contributed by atoms with E-state index in [1.165, 1.54) is 6.92 Å². The molecule has 1 amide bonds. The number of alkyl halides is 6. The first-order valence-corrected chi connectivity index (χ1v) is 11.6. The van der Waals surface area contributed by atoms with Crippen LogP contribution in [-0.2, 0) is 22.2 Å². The molecule has 3 rings (SSSR count). The fourth-order valence-corrected chi connectivity index (χ4v) is 4.34. The molecule has 0 saturated carbocycles. The lowest BCUT2D eigenvalue weighted by molar-refractivity contribution is -0.138. The van der Waals surface area contributed by atoms with E-state index in [4.69, 9.17) is 0 Å². The predicted molar refractivity (Wildman–Crippen MR) is 108 cm³/mol. The van der Waals surface area contributed by atoms with Crippen LogP contribution in [0.3, 0.4) is 0 Å². The smallest absolute Gasteiger partial charge is 0.284 e. The second-order valence-electron chi connectivity index (χ2n) is 6.65.